The van der Waals surface area contributed by atoms with Crippen LogP contribution in [0.25, 0.3) is 11.3 Å². The number of benzene rings is 2. The molecule has 0 aliphatic carbocycles. The van der Waals surface area contributed by atoms with Gasteiger partial charge in [0, 0.05) is 27.8 Å². The molecule has 26 heavy (non-hydrogen) atoms. The van der Waals surface area contributed by atoms with E-state index in [1.54, 1.807) is 12.1 Å². The number of nitrogens with two attached hydrogens (primary N) is 1. The molecular formula is C20H18N4OS. The molecule has 0 fully saturated rings. The lowest BCUT2D eigenvalue weighted by atomic mass is 9.92. The molecule has 3 N–H and O–H groups in total. The van der Waals surface area contributed by atoms with Gasteiger partial charge < -0.3 is 11.1 Å². The van der Waals surface area contributed by atoms with Crippen LogP contribution in [0.4, 0.5) is 5.69 Å². The summed E-state index contributed by atoms with van der Waals surface area (Å²) in [6, 6.07) is 15.4. The van der Waals surface area contributed by atoms with E-state index >= 15 is 0 Å². The number of fused-ring (bicyclic) bond motifs is 1. The smallest absolute Gasteiger partial charge is 0.249 e. The number of rotatable bonds is 3. The Morgan fingerprint density at radius 2 is 1.85 bits per heavy atom. The second-order valence-electron chi connectivity index (χ2n) is 6.64. The molecular weight excluding hydrogens is 344 g/mol. The van der Waals surface area contributed by atoms with Crippen LogP contribution in [-0.4, -0.2) is 16.7 Å². The molecule has 0 bridgehead atoms. The standard InChI is InChI=1S/C20H18N4OS/c1-20(2)14-9-5-6-10-15(14)22-18(24-20)19-23-16(11-26-19)12-7-3-4-8-13(12)17(21)25/h3-11H,1-2H3,(H2,21,25)(H,22,24). The van der Waals surface area contributed by atoms with Gasteiger partial charge in [0.05, 0.1) is 11.2 Å². The van der Waals surface area contributed by atoms with Gasteiger partial charge in [-0.3, -0.25) is 9.79 Å². The quantitative estimate of drug-likeness (QED) is 0.738. The number of para-hydroxylation sites is 1. The Morgan fingerprint density at radius 3 is 2.65 bits per heavy atom. The number of hydrogen-bond donors (Lipinski definition) is 2. The third-order valence-corrected chi connectivity index (χ3v) is 5.25. The van der Waals surface area contributed by atoms with Crippen molar-refractivity contribution in [3.8, 4) is 11.3 Å². The fourth-order valence-electron chi connectivity index (χ4n) is 3.15. The minimum absolute atomic E-state index is 0.339. The van der Waals surface area contributed by atoms with Crippen LogP contribution in [-0.2, 0) is 5.54 Å². The molecule has 0 saturated heterocycles. The number of primary amides is 1. The van der Waals surface area contributed by atoms with Crippen LogP contribution in [0.1, 0.15) is 34.8 Å². The van der Waals surface area contributed by atoms with E-state index in [4.69, 9.17) is 15.7 Å². The van der Waals surface area contributed by atoms with E-state index in [-0.39, 0.29) is 5.54 Å². The summed E-state index contributed by atoms with van der Waals surface area (Å²) in [5, 5.41) is 6.08. The molecule has 130 valence electrons. The van der Waals surface area contributed by atoms with Crippen LogP contribution in [0.3, 0.4) is 0 Å². The van der Waals surface area contributed by atoms with Crippen molar-refractivity contribution < 1.29 is 4.79 Å². The fourth-order valence-corrected chi connectivity index (χ4v) is 3.91. The Balaban J connectivity index is 1.74. The second-order valence-corrected chi connectivity index (χ2v) is 7.50. The zero-order valence-electron chi connectivity index (χ0n) is 14.5. The number of anilines is 1. The molecule has 6 heteroatoms. The number of hydrogen-bond acceptors (Lipinski definition) is 5. The number of carbonyl (C=O) groups is 1. The van der Waals surface area contributed by atoms with Gasteiger partial charge in [0.2, 0.25) is 5.91 Å². The van der Waals surface area contributed by atoms with Crippen molar-refractivity contribution >= 4 is 28.8 Å². The molecule has 1 aliphatic rings. The van der Waals surface area contributed by atoms with Gasteiger partial charge in [-0.1, -0.05) is 36.4 Å². The highest BCUT2D eigenvalue weighted by Crippen LogP contribution is 2.36. The van der Waals surface area contributed by atoms with Gasteiger partial charge in [0.25, 0.3) is 0 Å². The first-order valence-corrected chi connectivity index (χ1v) is 9.15. The number of thiazole rings is 1. The van der Waals surface area contributed by atoms with Gasteiger partial charge in [-0.05, 0) is 26.0 Å². The van der Waals surface area contributed by atoms with Gasteiger partial charge in [0.1, 0.15) is 0 Å². The van der Waals surface area contributed by atoms with E-state index in [1.165, 1.54) is 11.3 Å². The maximum absolute atomic E-state index is 11.7. The van der Waals surface area contributed by atoms with E-state index in [2.05, 4.69) is 25.2 Å². The van der Waals surface area contributed by atoms with Crippen molar-refractivity contribution in [2.24, 2.45) is 10.7 Å². The summed E-state index contributed by atoms with van der Waals surface area (Å²) >= 11 is 1.49. The summed E-state index contributed by atoms with van der Waals surface area (Å²) < 4.78 is 0. The molecule has 1 amide bonds. The first kappa shape index (κ1) is 16.5. The van der Waals surface area contributed by atoms with Crippen molar-refractivity contribution in [3.05, 3.63) is 70.0 Å². The van der Waals surface area contributed by atoms with Gasteiger partial charge in [0.15, 0.2) is 10.8 Å². The lowest BCUT2D eigenvalue weighted by molar-refractivity contribution is 0.100. The third kappa shape index (κ3) is 2.78. The summed E-state index contributed by atoms with van der Waals surface area (Å²) in [5.41, 5.74) is 9.27. The predicted molar refractivity (Wildman–Crippen MR) is 106 cm³/mol. The number of nitrogens with zero attached hydrogens (tertiary/aromatic N) is 2. The average molecular weight is 362 g/mol. The Kier molecular flexibility index (Phi) is 3.85. The van der Waals surface area contributed by atoms with Crippen LogP contribution in [0.5, 0.6) is 0 Å². The topological polar surface area (TPSA) is 80.4 Å². The van der Waals surface area contributed by atoms with Crippen LogP contribution < -0.4 is 11.1 Å². The third-order valence-electron chi connectivity index (χ3n) is 4.41. The molecule has 0 atom stereocenters. The Hall–Kier alpha value is -2.99. The SMILES string of the molecule is CC1(C)N=C(c2nc(-c3ccccc3C(N)=O)cs2)Nc2ccccc21. The second kappa shape index (κ2) is 6.07. The highest BCUT2D eigenvalue weighted by atomic mass is 32.1. The maximum atomic E-state index is 11.7. The van der Waals surface area contributed by atoms with Gasteiger partial charge >= 0.3 is 0 Å². The molecule has 0 saturated carbocycles. The number of amides is 1. The summed E-state index contributed by atoms with van der Waals surface area (Å²) in [7, 11) is 0. The van der Waals surface area contributed by atoms with Crippen molar-refractivity contribution in [2.75, 3.05) is 5.32 Å². The van der Waals surface area contributed by atoms with Gasteiger partial charge in [-0.2, -0.15) is 0 Å². The molecule has 2 heterocycles. The molecule has 0 unspecified atom stereocenters. The normalized spacial score (nSPS) is 14.9. The van der Waals surface area contributed by atoms with Crippen LogP contribution >= 0.6 is 11.3 Å². The van der Waals surface area contributed by atoms with Crippen molar-refractivity contribution in [3.63, 3.8) is 0 Å². The summed E-state index contributed by atoms with van der Waals surface area (Å²) in [6.45, 7) is 4.17. The highest BCUT2D eigenvalue weighted by molar-refractivity contribution is 7.12. The minimum Gasteiger partial charge on any atom is -0.366 e. The number of aliphatic imine (C=N–C) groups is 1. The largest absolute Gasteiger partial charge is 0.366 e. The number of nitrogens with one attached hydrogen (secondary N) is 1. The lowest BCUT2D eigenvalue weighted by Crippen LogP contribution is -2.29. The molecule has 4 rings (SSSR count). The maximum Gasteiger partial charge on any atom is 0.249 e. The van der Waals surface area contributed by atoms with E-state index in [0.29, 0.717) is 5.56 Å². The molecule has 0 spiro atoms. The summed E-state index contributed by atoms with van der Waals surface area (Å²) in [6.07, 6.45) is 0. The summed E-state index contributed by atoms with van der Waals surface area (Å²) in [4.78, 5) is 21.2. The molecule has 1 aromatic heterocycles. The monoisotopic (exact) mass is 362 g/mol. The van der Waals surface area contributed by atoms with E-state index in [1.807, 2.05) is 35.7 Å². The van der Waals surface area contributed by atoms with Crippen LogP contribution in [0, 0.1) is 0 Å². The molecule has 0 radical (unpaired) electrons. The molecule has 3 aromatic rings. The zero-order valence-corrected chi connectivity index (χ0v) is 15.3. The number of aromatic nitrogens is 1. The first-order chi connectivity index (χ1) is 12.5. The van der Waals surface area contributed by atoms with E-state index in [0.717, 1.165) is 33.4 Å². The van der Waals surface area contributed by atoms with Crippen molar-refractivity contribution in [1.29, 1.82) is 0 Å². The fraction of sp³-hybridized carbons (Fsp3) is 0.150. The van der Waals surface area contributed by atoms with Crippen LogP contribution in [0.2, 0.25) is 0 Å². The molecule has 5 nitrogen and oxygen atoms in total. The molecule has 1 aliphatic heterocycles. The van der Waals surface area contributed by atoms with E-state index in [9.17, 15) is 4.79 Å². The van der Waals surface area contributed by atoms with Gasteiger partial charge in [-0.25, -0.2) is 4.98 Å². The van der Waals surface area contributed by atoms with Crippen molar-refractivity contribution in [1.82, 2.24) is 4.98 Å². The average Bonchev–Trinajstić information content (AvgIpc) is 3.11. The lowest BCUT2D eigenvalue weighted by Gasteiger charge is -2.30. The summed E-state index contributed by atoms with van der Waals surface area (Å²) in [5.74, 6) is 0.278. The number of amidine groups is 1. The van der Waals surface area contributed by atoms with Gasteiger partial charge in [-0.15, -0.1) is 11.3 Å². The zero-order chi connectivity index (χ0) is 18.3. The molecule has 2 aromatic carbocycles. The Labute approximate surface area is 155 Å². The number of carbonyl (C=O) groups excluding carboxylic acids is 1. The highest BCUT2D eigenvalue weighted by Gasteiger charge is 2.29. The van der Waals surface area contributed by atoms with E-state index < -0.39 is 5.91 Å². The first-order valence-electron chi connectivity index (χ1n) is 8.27. The van der Waals surface area contributed by atoms with Crippen molar-refractivity contribution in [2.45, 2.75) is 19.4 Å². The predicted octanol–water partition coefficient (Wildman–Crippen LogP) is 4.02. The minimum atomic E-state index is -0.460. The Morgan fingerprint density at radius 1 is 1.12 bits per heavy atom. The Bertz CT molecular complexity index is 1040. The van der Waals surface area contributed by atoms with Crippen LogP contribution in [0.15, 0.2) is 58.9 Å².